The van der Waals surface area contributed by atoms with Crippen molar-refractivity contribution in [2.24, 2.45) is 11.5 Å². The van der Waals surface area contributed by atoms with Gasteiger partial charge in [-0.1, -0.05) is 0 Å². The largest absolute Gasteiger partial charge is 0.386 e. The normalized spacial score (nSPS) is 23.7. The second kappa shape index (κ2) is 3.40. The maximum absolute atomic E-state index is 7.26. The number of rotatable bonds is 1. The molecule has 68 valence electrons. The molecule has 1 heterocycles. The molecule has 7 N–H and O–H groups in total. The van der Waals surface area contributed by atoms with Gasteiger partial charge in [0.1, 0.15) is 11.9 Å². The summed E-state index contributed by atoms with van der Waals surface area (Å²) in [6, 6.07) is -0.253. The maximum atomic E-state index is 7.26. The molecule has 0 aromatic heterocycles. The molecule has 0 aromatic carbocycles. The number of guanidine groups is 1. The van der Waals surface area contributed by atoms with Crippen molar-refractivity contribution in [3.8, 4) is 0 Å². The van der Waals surface area contributed by atoms with Gasteiger partial charge in [0.05, 0.1) is 0 Å². The van der Waals surface area contributed by atoms with Crippen LogP contribution in [-0.2, 0) is 0 Å². The lowest BCUT2D eigenvalue weighted by Crippen LogP contribution is -2.60. The summed E-state index contributed by atoms with van der Waals surface area (Å²) in [6.07, 6.45) is 0. The van der Waals surface area contributed by atoms with E-state index in [0.29, 0.717) is 13.1 Å². The van der Waals surface area contributed by atoms with E-state index in [9.17, 15) is 0 Å². The quantitative estimate of drug-likeness (QED) is 0.233. The van der Waals surface area contributed by atoms with Crippen LogP contribution in [-0.4, -0.2) is 42.4 Å². The van der Waals surface area contributed by atoms with Crippen LogP contribution in [0.4, 0.5) is 0 Å². The second-order valence-corrected chi connectivity index (χ2v) is 2.75. The van der Waals surface area contributed by atoms with Crippen molar-refractivity contribution in [3.05, 3.63) is 0 Å². The molecule has 1 atom stereocenters. The van der Waals surface area contributed by atoms with E-state index in [1.165, 1.54) is 0 Å². The van der Waals surface area contributed by atoms with E-state index in [0.717, 1.165) is 6.54 Å². The minimum Gasteiger partial charge on any atom is -0.386 e. The lowest BCUT2D eigenvalue weighted by atomic mass is 10.2. The van der Waals surface area contributed by atoms with Crippen molar-refractivity contribution in [2.75, 3.05) is 19.6 Å². The first-order valence-corrected chi connectivity index (χ1v) is 3.78. The number of piperazine rings is 1. The minimum atomic E-state index is -0.253. The number of hydrogen-bond donors (Lipinski definition) is 5. The van der Waals surface area contributed by atoms with Crippen LogP contribution in [0, 0.1) is 10.8 Å². The van der Waals surface area contributed by atoms with Crippen LogP contribution in [0.2, 0.25) is 0 Å². The van der Waals surface area contributed by atoms with Gasteiger partial charge < -0.3 is 21.7 Å². The third kappa shape index (κ3) is 1.65. The summed E-state index contributed by atoms with van der Waals surface area (Å²) >= 11 is 0. The average Bonchev–Trinajstić information content (AvgIpc) is 2.04. The molecule has 1 aliphatic rings. The van der Waals surface area contributed by atoms with E-state index in [4.69, 9.17) is 22.3 Å². The summed E-state index contributed by atoms with van der Waals surface area (Å²) in [5.74, 6) is 0.0362. The Labute approximate surface area is 70.9 Å². The lowest BCUT2D eigenvalue weighted by Gasteiger charge is -2.35. The van der Waals surface area contributed by atoms with Crippen molar-refractivity contribution < 1.29 is 0 Å². The highest BCUT2D eigenvalue weighted by atomic mass is 15.3. The fourth-order valence-corrected chi connectivity index (χ4v) is 1.27. The SMILES string of the molecule is N=C(N)C1CNCCN1C(=N)N. The Bertz CT molecular complexity index is 178. The topological polar surface area (TPSA) is 115 Å². The first kappa shape index (κ1) is 8.79. The van der Waals surface area contributed by atoms with Gasteiger partial charge in [-0.2, -0.15) is 0 Å². The molecule has 0 radical (unpaired) electrons. The zero-order chi connectivity index (χ0) is 9.14. The first-order chi connectivity index (χ1) is 5.63. The van der Waals surface area contributed by atoms with Crippen LogP contribution in [0.3, 0.4) is 0 Å². The molecule has 0 spiro atoms. The summed E-state index contributed by atoms with van der Waals surface area (Å²) in [5.41, 5.74) is 10.7. The molecule has 0 amide bonds. The average molecular weight is 170 g/mol. The Balaban J connectivity index is 2.67. The van der Waals surface area contributed by atoms with Crippen LogP contribution in [0.25, 0.3) is 0 Å². The summed E-state index contributed by atoms with van der Waals surface area (Å²) in [6.45, 7) is 2.01. The molecule has 1 fully saturated rings. The smallest absolute Gasteiger partial charge is 0.189 e. The maximum Gasteiger partial charge on any atom is 0.189 e. The van der Waals surface area contributed by atoms with Crippen molar-refractivity contribution in [1.29, 1.82) is 10.8 Å². The number of hydrogen-bond acceptors (Lipinski definition) is 3. The number of nitrogens with two attached hydrogens (primary N) is 2. The van der Waals surface area contributed by atoms with Crippen LogP contribution >= 0.6 is 0 Å². The third-order valence-corrected chi connectivity index (χ3v) is 1.91. The van der Waals surface area contributed by atoms with Gasteiger partial charge >= 0.3 is 0 Å². The molecular formula is C6H14N6. The molecule has 12 heavy (non-hydrogen) atoms. The van der Waals surface area contributed by atoms with Crippen LogP contribution in [0.15, 0.2) is 0 Å². The van der Waals surface area contributed by atoms with Crippen molar-refractivity contribution in [1.82, 2.24) is 10.2 Å². The Kier molecular flexibility index (Phi) is 2.49. The number of nitrogens with one attached hydrogen (secondary N) is 3. The lowest BCUT2D eigenvalue weighted by molar-refractivity contribution is 0.306. The molecule has 1 rings (SSSR count). The molecule has 0 aromatic rings. The van der Waals surface area contributed by atoms with Gasteiger partial charge in [-0.15, -0.1) is 0 Å². The van der Waals surface area contributed by atoms with E-state index in [1.54, 1.807) is 4.90 Å². The highest BCUT2D eigenvalue weighted by Crippen LogP contribution is 2.00. The zero-order valence-electron chi connectivity index (χ0n) is 6.80. The molecule has 6 heteroatoms. The van der Waals surface area contributed by atoms with E-state index >= 15 is 0 Å². The van der Waals surface area contributed by atoms with Crippen LogP contribution < -0.4 is 16.8 Å². The molecule has 0 bridgehead atoms. The Morgan fingerprint density at radius 1 is 1.42 bits per heavy atom. The highest BCUT2D eigenvalue weighted by molar-refractivity contribution is 5.88. The van der Waals surface area contributed by atoms with Gasteiger partial charge in [0.2, 0.25) is 0 Å². The predicted molar refractivity (Wildman–Crippen MR) is 47.2 cm³/mol. The van der Waals surface area contributed by atoms with E-state index < -0.39 is 0 Å². The van der Waals surface area contributed by atoms with Gasteiger partial charge in [0, 0.05) is 19.6 Å². The van der Waals surface area contributed by atoms with Gasteiger partial charge in [-0.05, 0) is 0 Å². The third-order valence-electron chi connectivity index (χ3n) is 1.91. The first-order valence-electron chi connectivity index (χ1n) is 3.78. The summed E-state index contributed by atoms with van der Waals surface area (Å²) < 4.78 is 0. The van der Waals surface area contributed by atoms with Crippen LogP contribution in [0.5, 0.6) is 0 Å². The molecule has 0 saturated carbocycles. The van der Waals surface area contributed by atoms with Gasteiger partial charge in [-0.25, -0.2) is 0 Å². The van der Waals surface area contributed by atoms with Gasteiger partial charge in [0.15, 0.2) is 5.96 Å². The highest BCUT2D eigenvalue weighted by Gasteiger charge is 2.24. The van der Waals surface area contributed by atoms with Gasteiger partial charge in [0.25, 0.3) is 0 Å². The van der Waals surface area contributed by atoms with E-state index in [1.807, 2.05) is 0 Å². The fraction of sp³-hybridized carbons (Fsp3) is 0.667. The summed E-state index contributed by atoms with van der Waals surface area (Å²) in [7, 11) is 0. The molecule has 1 unspecified atom stereocenters. The summed E-state index contributed by atoms with van der Waals surface area (Å²) in [4.78, 5) is 1.62. The number of nitrogens with zero attached hydrogens (tertiary/aromatic N) is 1. The monoisotopic (exact) mass is 170 g/mol. The Hall–Kier alpha value is -1.30. The zero-order valence-corrected chi connectivity index (χ0v) is 6.80. The van der Waals surface area contributed by atoms with Gasteiger partial charge in [-0.3, -0.25) is 10.8 Å². The standard InChI is InChI=1S/C6H14N6/c7-5(8)4-3-11-1-2-12(4)6(9)10/h4,11H,1-3H2,(H3,7,8)(H3,9,10). The second-order valence-electron chi connectivity index (χ2n) is 2.75. The van der Waals surface area contributed by atoms with Crippen molar-refractivity contribution in [2.45, 2.75) is 6.04 Å². The van der Waals surface area contributed by atoms with Crippen molar-refractivity contribution in [3.63, 3.8) is 0 Å². The Morgan fingerprint density at radius 2 is 2.08 bits per heavy atom. The Morgan fingerprint density at radius 3 is 2.50 bits per heavy atom. The number of amidine groups is 1. The van der Waals surface area contributed by atoms with Crippen molar-refractivity contribution >= 4 is 11.8 Å². The summed E-state index contributed by atoms with van der Waals surface area (Å²) in [5, 5.41) is 17.6. The molecule has 6 nitrogen and oxygen atoms in total. The molecular weight excluding hydrogens is 156 g/mol. The minimum absolute atomic E-state index is 0.0169. The van der Waals surface area contributed by atoms with Crippen LogP contribution in [0.1, 0.15) is 0 Å². The van der Waals surface area contributed by atoms with E-state index in [-0.39, 0.29) is 17.8 Å². The fourth-order valence-electron chi connectivity index (χ4n) is 1.27. The van der Waals surface area contributed by atoms with E-state index in [2.05, 4.69) is 5.32 Å². The molecule has 1 aliphatic heterocycles. The molecule has 1 saturated heterocycles. The predicted octanol–water partition coefficient (Wildman–Crippen LogP) is -1.91. The molecule has 0 aliphatic carbocycles.